The molecule has 5 N–H and O–H groups in total. The molecule has 10 heteroatoms. The van der Waals surface area contributed by atoms with E-state index < -0.39 is 31.1 Å². The summed E-state index contributed by atoms with van der Waals surface area (Å²) in [6.07, 6.45) is 3.47. The summed E-state index contributed by atoms with van der Waals surface area (Å²) in [6, 6.07) is 14.5. The van der Waals surface area contributed by atoms with Gasteiger partial charge in [0, 0.05) is 13.1 Å². The lowest BCUT2D eigenvalue weighted by Gasteiger charge is -2.22. The molecule has 1 aliphatic heterocycles. The molecule has 1 unspecified atom stereocenters. The van der Waals surface area contributed by atoms with Gasteiger partial charge >= 0.3 is 0 Å². The summed E-state index contributed by atoms with van der Waals surface area (Å²) in [6.45, 7) is 0.925. The zero-order valence-corrected chi connectivity index (χ0v) is 21.2. The third-order valence-corrected chi connectivity index (χ3v) is 7.81. The molecule has 0 spiro atoms. The van der Waals surface area contributed by atoms with Crippen molar-refractivity contribution in [3.8, 4) is 0 Å². The SMILES string of the molecule is OC[C@H]1OC(n2cnc3c(NCc4cccc5ccccc45)nc(NCC4CCCCC4)nc32)[C@H](O)[C@@H]1O. The normalized spacial score (nSPS) is 24.3. The minimum Gasteiger partial charge on any atom is -0.394 e. The van der Waals surface area contributed by atoms with Crippen LogP contribution in [-0.2, 0) is 11.3 Å². The van der Waals surface area contributed by atoms with Gasteiger partial charge in [-0.3, -0.25) is 4.57 Å². The topological polar surface area (TPSA) is 138 Å². The maximum atomic E-state index is 10.6. The van der Waals surface area contributed by atoms with Crippen molar-refractivity contribution >= 4 is 33.7 Å². The summed E-state index contributed by atoms with van der Waals surface area (Å²) in [5, 5.41) is 39.7. The molecule has 0 radical (unpaired) electrons. The second-order valence-electron chi connectivity index (χ2n) is 10.3. The minimum atomic E-state index is -1.23. The van der Waals surface area contributed by atoms with E-state index in [0.717, 1.165) is 12.1 Å². The molecule has 6 rings (SSSR count). The lowest BCUT2D eigenvalue weighted by molar-refractivity contribution is -0.0511. The zero-order chi connectivity index (χ0) is 26.1. The van der Waals surface area contributed by atoms with E-state index in [2.05, 4.69) is 39.9 Å². The number of aliphatic hydroxyl groups excluding tert-OH is 3. The highest BCUT2D eigenvalue weighted by molar-refractivity contribution is 5.87. The van der Waals surface area contributed by atoms with Gasteiger partial charge in [0.2, 0.25) is 5.95 Å². The lowest BCUT2D eigenvalue weighted by Crippen LogP contribution is -2.33. The number of benzene rings is 2. The van der Waals surface area contributed by atoms with E-state index in [-0.39, 0.29) is 0 Å². The number of hydrogen-bond donors (Lipinski definition) is 5. The maximum Gasteiger partial charge on any atom is 0.226 e. The van der Waals surface area contributed by atoms with Crippen molar-refractivity contribution < 1.29 is 20.1 Å². The molecule has 2 aliphatic rings. The van der Waals surface area contributed by atoms with Gasteiger partial charge in [-0.2, -0.15) is 9.97 Å². The van der Waals surface area contributed by atoms with E-state index in [0.29, 0.717) is 35.4 Å². The van der Waals surface area contributed by atoms with Crippen molar-refractivity contribution in [2.75, 3.05) is 23.8 Å². The van der Waals surface area contributed by atoms with E-state index in [1.165, 1.54) is 49.2 Å². The van der Waals surface area contributed by atoms with Gasteiger partial charge in [-0.25, -0.2) is 4.98 Å². The summed E-state index contributed by atoms with van der Waals surface area (Å²) in [4.78, 5) is 14.1. The summed E-state index contributed by atoms with van der Waals surface area (Å²) in [5.74, 6) is 1.62. The lowest BCUT2D eigenvalue weighted by atomic mass is 9.89. The number of ether oxygens (including phenoxy) is 1. The van der Waals surface area contributed by atoms with Gasteiger partial charge in [0.15, 0.2) is 23.2 Å². The van der Waals surface area contributed by atoms with Crippen molar-refractivity contribution in [1.82, 2.24) is 19.5 Å². The molecular weight excluding hydrogens is 484 g/mol. The van der Waals surface area contributed by atoms with Crippen LogP contribution in [0.2, 0.25) is 0 Å². The van der Waals surface area contributed by atoms with Crippen LogP contribution in [0.25, 0.3) is 21.9 Å². The Kier molecular flexibility index (Phi) is 7.12. The van der Waals surface area contributed by atoms with Crippen molar-refractivity contribution in [3.63, 3.8) is 0 Å². The van der Waals surface area contributed by atoms with Crippen LogP contribution in [-0.4, -0.2) is 66.3 Å². The van der Waals surface area contributed by atoms with E-state index in [4.69, 9.17) is 14.7 Å². The van der Waals surface area contributed by atoms with Gasteiger partial charge in [-0.05, 0) is 35.1 Å². The highest BCUT2D eigenvalue weighted by Crippen LogP contribution is 2.33. The molecule has 2 aromatic carbocycles. The largest absolute Gasteiger partial charge is 0.394 e. The summed E-state index contributed by atoms with van der Waals surface area (Å²) in [5.41, 5.74) is 2.14. The molecule has 4 aromatic rings. The van der Waals surface area contributed by atoms with Crippen molar-refractivity contribution in [2.45, 2.75) is 63.2 Å². The van der Waals surface area contributed by atoms with Gasteiger partial charge in [-0.1, -0.05) is 61.7 Å². The molecule has 0 bridgehead atoms. The Morgan fingerprint density at radius 1 is 0.947 bits per heavy atom. The van der Waals surface area contributed by atoms with E-state index in [1.54, 1.807) is 4.57 Å². The number of nitrogens with one attached hydrogen (secondary N) is 2. The number of aliphatic hydroxyl groups is 3. The fourth-order valence-corrected chi connectivity index (χ4v) is 5.67. The van der Waals surface area contributed by atoms with Gasteiger partial charge in [0.25, 0.3) is 0 Å². The number of fused-ring (bicyclic) bond motifs is 2. The molecule has 1 saturated heterocycles. The number of imidazole rings is 1. The van der Waals surface area contributed by atoms with Gasteiger partial charge in [0.1, 0.15) is 18.3 Å². The third kappa shape index (κ3) is 4.80. The number of aromatic nitrogens is 4. The second kappa shape index (κ2) is 10.8. The number of nitrogens with zero attached hydrogens (tertiary/aromatic N) is 4. The number of rotatable bonds is 8. The standard InChI is InChI=1S/C28H34N6O4/c35-15-21-23(36)24(37)27(38-21)34-16-31-22-25(29-14-19-11-6-10-18-9-4-5-12-20(18)19)32-28(33-26(22)34)30-13-17-7-2-1-3-8-17/h4-6,9-12,16-17,21,23-24,27,35-37H,1-3,7-8,13-15H2,(H2,29,30,32,33)/t21-,23-,24-,27?/m1/s1. The molecule has 1 aliphatic carbocycles. The fourth-order valence-electron chi connectivity index (χ4n) is 5.67. The van der Waals surface area contributed by atoms with E-state index in [9.17, 15) is 15.3 Å². The third-order valence-electron chi connectivity index (χ3n) is 7.81. The Balaban J connectivity index is 1.33. The highest BCUT2D eigenvalue weighted by Gasteiger charge is 2.44. The first-order valence-corrected chi connectivity index (χ1v) is 13.4. The van der Waals surface area contributed by atoms with Crippen LogP contribution in [0.3, 0.4) is 0 Å². The number of hydrogen-bond acceptors (Lipinski definition) is 9. The first-order chi connectivity index (χ1) is 18.6. The Bertz CT molecular complexity index is 1400. The number of anilines is 2. The summed E-state index contributed by atoms with van der Waals surface area (Å²) < 4.78 is 7.38. The zero-order valence-electron chi connectivity index (χ0n) is 21.2. The van der Waals surface area contributed by atoms with Crippen LogP contribution in [0, 0.1) is 5.92 Å². The first kappa shape index (κ1) is 25.0. The maximum absolute atomic E-state index is 10.6. The second-order valence-corrected chi connectivity index (χ2v) is 10.3. The van der Waals surface area contributed by atoms with Crippen LogP contribution >= 0.6 is 0 Å². The van der Waals surface area contributed by atoms with Crippen LogP contribution in [0.15, 0.2) is 48.8 Å². The molecule has 3 heterocycles. The van der Waals surface area contributed by atoms with Crippen molar-refractivity contribution in [2.24, 2.45) is 5.92 Å². The van der Waals surface area contributed by atoms with E-state index in [1.807, 2.05) is 18.2 Å². The van der Waals surface area contributed by atoms with Gasteiger partial charge in [0.05, 0.1) is 12.9 Å². The Hall–Kier alpha value is -3.31. The minimum absolute atomic E-state index is 0.400. The molecule has 4 atom stereocenters. The summed E-state index contributed by atoms with van der Waals surface area (Å²) in [7, 11) is 0. The van der Waals surface area contributed by atoms with Gasteiger partial charge in [-0.15, -0.1) is 0 Å². The first-order valence-electron chi connectivity index (χ1n) is 13.4. The van der Waals surface area contributed by atoms with Crippen LogP contribution in [0.5, 0.6) is 0 Å². The summed E-state index contributed by atoms with van der Waals surface area (Å²) >= 11 is 0. The quantitative estimate of drug-likeness (QED) is 0.238. The Morgan fingerprint density at radius 3 is 2.58 bits per heavy atom. The molecule has 10 nitrogen and oxygen atoms in total. The molecular formula is C28H34N6O4. The van der Waals surface area contributed by atoms with E-state index >= 15 is 0 Å². The molecule has 2 aromatic heterocycles. The predicted molar refractivity (Wildman–Crippen MR) is 145 cm³/mol. The van der Waals surface area contributed by atoms with Crippen LogP contribution in [0.1, 0.15) is 43.9 Å². The van der Waals surface area contributed by atoms with Crippen molar-refractivity contribution in [3.05, 3.63) is 54.4 Å². The molecule has 38 heavy (non-hydrogen) atoms. The Morgan fingerprint density at radius 2 is 1.76 bits per heavy atom. The smallest absolute Gasteiger partial charge is 0.226 e. The average molecular weight is 519 g/mol. The molecule has 1 saturated carbocycles. The Labute approximate surface area is 220 Å². The molecule has 200 valence electrons. The molecule has 2 fully saturated rings. The van der Waals surface area contributed by atoms with Crippen LogP contribution < -0.4 is 10.6 Å². The average Bonchev–Trinajstić information content (AvgIpc) is 3.51. The van der Waals surface area contributed by atoms with Gasteiger partial charge < -0.3 is 30.7 Å². The fraction of sp³-hybridized carbons (Fsp3) is 0.464. The highest BCUT2D eigenvalue weighted by atomic mass is 16.6. The molecule has 0 amide bonds. The van der Waals surface area contributed by atoms with Crippen LogP contribution in [0.4, 0.5) is 11.8 Å². The predicted octanol–water partition coefficient (Wildman–Crippen LogP) is 3.20. The monoisotopic (exact) mass is 518 g/mol. The van der Waals surface area contributed by atoms with Crippen molar-refractivity contribution in [1.29, 1.82) is 0 Å².